The summed E-state index contributed by atoms with van der Waals surface area (Å²) in [6.45, 7) is 2.12. The first-order valence-corrected chi connectivity index (χ1v) is 8.66. The zero-order valence-corrected chi connectivity index (χ0v) is 15.8. The van der Waals surface area contributed by atoms with Gasteiger partial charge in [-0.25, -0.2) is 0 Å². The van der Waals surface area contributed by atoms with E-state index in [9.17, 15) is 0 Å². The van der Waals surface area contributed by atoms with Crippen molar-refractivity contribution in [2.75, 3.05) is 0 Å². The maximum atomic E-state index is 2.36. The molecule has 2 nitrogen and oxygen atoms in total. The van der Waals surface area contributed by atoms with Crippen LogP contribution in [0.2, 0.25) is 0 Å². The van der Waals surface area contributed by atoms with Crippen LogP contribution in [0.25, 0.3) is 21.8 Å². The lowest BCUT2D eigenvalue weighted by Gasteiger charge is -2.02. The Bertz CT molecular complexity index is 890. The highest BCUT2D eigenvalue weighted by Gasteiger charge is 2.10. The van der Waals surface area contributed by atoms with Gasteiger partial charge in [0.25, 0.3) is 0 Å². The standard InChI is InChI=1S/C22H22N2.BrH/c1-3-13-21-19(9-1)11-7-17-23(21)15-5-6-16-24-18-8-12-20-10-2-4-14-22(20)24;/h1-4,7-14,17-18H,5-6,15-16H2;1H/q+2;/p-1. The summed E-state index contributed by atoms with van der Waals surface area (Å²) in [5.74, 6) is 0. The normalized spacial score (nSPS) is 10.7. The number of para-hydroxylation sites is 2. The van der Waals surface area contributed by atoms with Crippen molar-refractivity contribution in [1.82, 2.24) is 0 Å². The maximum absolute atomic E-state index is 2.36. The fourth-order valence-electron chi connectivity index (χ4n) is 3.40. The summed E-state index contributed by atoms with van der Waals surface area (Å²) in [6, 6.07) is 25.8. The zero-order valence-electron chi connectivity index (χ0n) is 14.2. The van der Waals surface area contributed by atoms with Gasteiger partial charge in [0, 0.05) is 47.9 Å². The van der Waals surface area contributed by atoms with Gasteiger partial charge in [-0.05, 0) is 24.3 Å². The van der Waals surface area contributed by atoms with Crippen LogP contribution in [0.15, 0.2) is 85.2 Å². The quantitative estimate of drug-likeness (QED) is 0.353. The molecule has 0 aliphatic carbocycles. The lowest BCUT2D eigenvalue weighted by atomic mass is 10.2. The third kappa shape index (κ3) is 3.88. The van der Waals surface area contributed by atoms with Crippen molar-refractivity contribution in [2.45, 2.75) is 25.9 Å². The molecule has 126 valence electrons. The first-order chi connectivity index (χ1) is 11.9. The number of halogens is 1. The van der Waals surface area contributed by atoms with Crippen LogP contribution in [0.4, 0.5) is 0 Å². The largest absolute Gasteiger partial charge is 1.00 e. The predicted octanol–water partition coefficient (Wildman–Crippen LogP) is 1.05. The van der Waals surface area contributed by atoms with E-state index in [0.29, 0.717) is 0 Å². The van der Waals surface area contributed by atoms with Gasteiger partial charge in [-0.2, -0.15) is 9.13 Å². The summed E-state index contributed by atoms with van der Waals surface area (Å²) in [4.78, 5) is 0. The molecule has 0 unspecified atom stereocenters. The van der Waals surface area contributed by atoms with Crippen LogP contribution in [-0.4, -0.2) is 0 Å². The number of rotatable bonds is 5. The molecule has 0 spiro atoms. The summed E-state index contributed by atoms with van der Waals surface area (Å²) in [6.07, 6.45) is 6.73. The SMILES string of the molecule is [Br-].c1ccc2c(c1)ccc[n+]2CCCC[n+]1cccc2ccccc21. The molecule has 0 N–H and O–H groups in total. The lowest BCUT2D eigenvalue weighted by molar-refractivity contribution is -0.683. The van der Waals surface area contributed by atoms with Crippen molar-refractivity contribution in [3.63, 3.8) is 0 Å². The van der Waals surface area contributed by atoms with Crippen LogP contribution < -0.4 is 26.1 Å². The second-order valence-corrected chi connectivity index (χ2v) is 6.23. The molecule has 4 aromatic rings. The van der Waals surface area contributed by atoms with E-state index in [-0.39, 0.29) is 17.0 Å². The molecule has 2 heterocycles. The van der Waals surface area contributed by atoms with Crippen molar-refractivity contribution in [3.8, 4) is 0 Å². The molecular weight excluding hydrogens is 372 g/mol. The molecule has 0 fully saturated rings. The van der Waals surface area contributed by atoms with Crippen LogP contribution >= 0.6 is 0 Å². The minimum atomic E-state index is 0. The average Bonchev–Trinajstić information content (AvgIpc) is 2.65. The monoisotopic (exact) mass is 393 g/mol. The minimum Gasteiger partial charge on any atom is -1.00 e. The second kappa shape index (κ2) is 8.21. The highest BCUT2D eigenvalue weighted by molar-refractivity contribution is 5.75. The molecule has 2 aromatic heterocycles. The van der Waals surface area contributed by atoms with E-state index in [1.54, 1.807) is 0 Å². The van der Waals surface area contributed by atoms with Crippen molar-refractivity contribution in [2.24, 2.45) is 0 Å². The van der Waals surface area contributed by atoms with E-state index < -0.39 is 0 Å². The molecule has 0 radical (unpaired) electrons. The van der Waals surface area contributed by atoms with Crippen molar-refractivity contribution >= 4 is 21.8 Å². The molecule has 0 aliphatic rings. The van der Waals surface area contributed by atoms with Crippen molar-refractivity contribution in [1.29, 1.82) is 0 Å². The number of pyridine rings is 2. The number of hydrogen-bond acceptors (Lipinski definition) is 0. The Labute approximate surface area is 159 Å². The van der Waals surface area contributed by atoms with E-state index in [4.69, 9.17) is 0 Å². The predicted molar refractivity (Wildman–Crippen MR) is 97.5 cm³/mol. The van der Waals surface area contributed by atoms with Crippen LogP contribution in [-0.2, 0) is 13.1 Å². The summed E-state index contributed by atoms with van der Waals surface area (Å²) in [7, 11) is 0. The molecule has 0 bridgehead atoms. The summed E-state index contributed by atoms with van der Waals surface area (Å²) >= 11 is 0. The van der Waals surface area contributed by atoms with E-state index >= 15 is 0 Å². The first-order valence-electron chi connectivity index (χ1n) is 8.66. The third-order valence-electron chi connectivity index (χ3n) is 4.62. The molecule has 0 aliphatic heterocycles. The molecule has 0 saturated heterocycles. The van der Waals surface area contributed by atoms with Gasteiger partial charge in [0.2, 0.25) is 11.0 Å². The number of aryl methyl sites for hydroxylation is 2. The van der Waals surface area contributed by atoms with Crippen molar-refractivity contribution in [3.05, 3.63) is 85.2 Å². The first kappa shape index (κ1) is 17.6. The average molecular weight is 394 g/mol. The van der Waals surface area contributed by atoms with Crippen LogP contribution in [0.5, 0.6) is 0 Å². The number of aromatic nitrogens is 2. The number of unbranched alkanes of at least 4 members (excludes halogenated alkanes) is 1. The highest BCUT2D eigenvalue weighted by Crippen LogP contribution is 2.09. The smallest absolute Gasteiger partial charge is 0.212 e. The van der Waals surface area contributed by atoms with E-state index in [0.717, 1.165) is 13.1 Å². The van der Waals surface area contributed by atoms with Gasteiger partial charge in [0.15, 0.2) is 12.4 Å². The van der Waals surface area contributed by atoms with Crippen LogP contribution in [0, 0.1) is 0 Å². The van der Waals surface area contributed by atoms with Gasteiger partial charge < -0.3 is 17.0 Å². The van der Waals surface area contributed by atoms with Crippen molar-refractivity contribution < 1.29 is 26.1 Å². The van der Waals surface area contributed by atoms with Crippen LogP contribution in [0.3, 0.4) is 0 Å². The summed E-state index contributed by atoms with van der Waals surface area (Å²) in [5, 5.41) is 2.62. The summed E-state index contributed by atoms with van der Waals surface area (Å²) in [5.41, 5.74) is 2.63. The third-order valence-corrected chi connectivity index (χ3v) is 4.62. The minimum absolute atomic E-state index is 0. The van der Waals surface area contributed by atoms with E-state index in [1.807, 2.05) is 0 Å². The Morgan fingerprint density at radius 1 is 0.520 bits per heavy atom. The Hall–Kier alpha value is -2.26. The fraction of sp³-hybridized carbons (Fsp3) is 0.182. The van der Waals surface area contributed by atoms with E-state index in [2.05, 4.69) is 94.3 Å². The topological polar surface area (TPSA) is 7.76 Å². The highest BCUT2D eigenvalue weighted by atomic mass is 79.9. The van der Waals surface area contributed by atoms with E-state index in [1.165, 1.54) is 34.6 Å². The second-order valence-electron chi connectivity index (χ2n) is 6.23. The maximum Gasteiger partial charge on any atom is 0.212 e. The van der Waals surface area contributed by atoms with Crippen LogP contribution in [0.1, 0.15) is 12.8 Å². The number of benzene rings is 2. The summed E-state index contributed by atoms with van der Waals surface area (Å²) < 4.78 is 4.73. The van der Waals surface area contributed by atoms with Gasteiger partial charge >= 0.3 is 0 Å². The van der Waals surface area contributed by atoms with Gasteiger partial charge in [-0.15, -0.1) is 0 Å². The molecule has 25 heavy (non-hydrogen) atoms. The zero-order chi connectivity index (χ0) is 16.2. The van der Waals surface area contributed by atoms with Gasteiger partial charge in [-0.3, -0.25) is 0 Å². The molecule has 0 amide bonds. The Morgan fingerprint density at radius 2 is 0.920 bits per heavy atom. The molecule has 3 heteroatoms. The molecule has 0 saturated carbocycles. The Balaban J connectivity index is 0.00000182. The Morgan fingerprint density at radius 3 is 1.40 bits per heavy atom. The Kier molecular flexibility index (Phi) is 5.77. The number of hydrogen-bond donors (Lipinski definition) is 0. The number of fused-ring (bicyclic) bond motifs is 2. The van der Waals surface area contributed by atoms with Gasteiger partial charge in [0.1, 0.15) is 13.1 Å². The molecular formula is C22H22BrN2+. The molecule has 4 rings (SSSR count). The molecule has 0 atom stereocenters. The fourth-order valence-corrected chi connectivity index (χ4v) is 3.40. The number of nitrogens with zero attached hydrogens (tertiary/aromatic N) is 2. The van der Waals surface area contributed by atoms with Gasteiger partial charge in [-0.1, -0.05) is 24.3 Å². The lowest BCUT2D eigenvalue weighted by Crippen LogP contribution is -3.00. The molecule has 2 aromatic carbocycles. The van der Waals surface area contributed by atoms with Gasteiger partial charge in [0.05, 0.1) is 0 Å².